The van der Waals surface area contributed by atoms with E-state index in [1.165, 1.54) is 0 Å². The number of rotatable bonds is 7. The van der Waals surface area contributed by atoms with Gasteiger partial charge in [-0.1, -0.05) is 0 Å². The maximum Gasteiger partial charge on any atom is 0.253 e. The minimum atomic E-state index is -3.74. The van der Waals surface area contributed by atoms with Gasteiger partial charge in [-0.2, -0.15) is 22.5 Å². The first-order chi connectivity index (χ1) is 11.3. The highest BCUT2D eigenvalue weighted by Crippen LogP contribution is 2.21. The van der Waals surface area contributed by atoms with E-state index in [1.54, 1.807) is 0 Å². The first-order valence-electron chi connectivity index (χ1n) is 7.33. The van der Waals surface area contributed by atoms with Crippen LogP contribution in [0, 0.1) is 23.5 Å². The molecule has 2 heterocycles. The van der Waals surface area contributed by atoms with E-state index in [-0.39, 0.29) is 12.6 Å². The van der Waals surface area contributed by atoms with E-state index in [9.17, 15) is 26.0 Å². The maximum absolute atomic E-state index is 13.4. The van der Waals surface area contributed by atoms with Gasteiger partial charge in [0.1, 0.15) is 5.69 Å². The van der Waals surface area contributed by atoms with Crippen molar-refractivity contribution in [1.82, 2.24) is 9.71 Å². The first kappa shape index (κ1) is 18.9. The third kappa shape index (κ3) is 5.02. The molecule has 0 spiro atoms. The molecule has 136 valence electrons. The maximum atomic E-state index is 13.4. The third-order valence-electron chi connectivity index (χ3n) is 3.48. The van der Waals surface area contributed by atoms with E-state index in [0.29, 0.717) is 6.61 Å². The molecule has 1 aromatic heterocycles. The van der Waals surface area contributed by atoms with Gasteiger partial charge in [0.25, 0.3) is 11.9 Å². The second-order valence-electron chi connectivity index (χ2n) is 5.28. The van der Waals surface area contributed by atoms with Crippen molar-refractivity contribution >= 4 is 15.7 Å². The summed E-state index contributed by atoms with van der Waals surface area (Å²) in [7, 11) is -3.74. The minimum Gasteiger partial charge on any atom is -0.379 e. The number of sulfonamides is 1. The van der Waals surface area contributed by atoms with Crippen LogP contribution in [-0.4, -0.2) is 45.0 Å². The quantitative estimate of drug-likeness (QED) is 0.561. The number of hydrogen-bond acceptors (Lipinski definition) is 5. The van der Waals surface area contributed by atoms with Gasteiger partial charge in [0.15, 0.2) is 0 Å². The Balaban J connectivity index is 1.86. The highest BCUT2D eigenvalue weighted by molar-refractivity contribution is 7.89. The standard InChI is InChI=1S/C13H17F4N3O3S/c14-9-11(10(15)13(17)20-12(9)16)18-4-6-24(21,22)19-7-8-3-1-2-5-23-8/h8,19H,1-7H2,(H,18,20). The number of nitrogens with one attached hydrogen (secondary N) is 2. The number of anilines is 1. The topological polar surface area (TPSA) is 80.3 Å². The first-order valence-corrected chi connectivity index (χ1v) is 8.98. The van der Waals surface area contributed by atoms with Crippen LogP contribution < -0.4 is 10.0 Å². The number of pyridine rings is 1. The highest BCUT2D eigenvalue weighted by atomic mass is 32.2. The summed E-state index contributed by atoms with van der Waals surface area (Å²) in [6, 6.07) is 0. The Hall–Kier alpha value is -1.46. The SMILES string of the molecule is O=S(=O)(CCNc1c(F)c(F)nc(F)c1F)NCC1CCCCO1. The van der Waals surface area contributed by atoms with Crippen LogP contribution in [-0.2, 0) is 14.8 Å². The van der Waals surface area contributed by atoms with E-state index in [2.05, 4.69) is 9.71 Å². The average Bonchev–Trinajstić information content (AvgIpc) is 2.55. The van der Waals surface area contributed by atoms with Gasteiger partial charge in [0, 0.05) is 19.7 Å². The molecule has 0 aliphatic carbocycles. The Morgan fingerprint density at radius 1 is 1.12 bits per heavy atom. The largest absolute Gasteiger partial charge is 0.379 e. The molecular formula is C13H17F4N3O3S. The highest BCUT2D eigenvalue weighted by Gasteiger charge is 2.22. The minimum absolute atomic E-state index is 0.101. The molecule has 1 fully saturated rings. The summed E-state index contributed by atoms with van der Waals surface area (Å²) in [6.07, 6.45) is 2.42. The van der Waals surface area contributed by atoms with Gasteiger partial charge in [-0.05, 0) is 19.3 Å². The van der Waals surface area contributed by atoms with Crippen molar-refractivity contribution in [3.05, 3.63) is 23.5 Å². The molecule has 6 nitrogen and oxygen atoms in total. The zero-order chi connectivity index (χ0) is 17.7. The van der Waals surface area contributed by atoms with Crippen molar-refractivity contribution < 1.29 is 30.7 Å². The van der Waals surface area contributed by atoms with Crippen LogP contribution in [0.4, 0.5) is 23.2 Å². The molecular weight excluding hydrogens is 354 g/mol. The van der Waals surface area contributed by atoms with Crippen LogP contribution in [0.2, 0.25) is 0 Å². The summed E-state index contributed by atoms with van der Waals surface area (Å²) in [6.45, 7) is 0.229. The monoisotopic (exact) mass is 371 g/mol. The van der Waals surface area contributed by atoms with Gasteiger partial charge in [0.2, 0.25) is 21.7 Å². The van der Waals surface area contributed by atoms with Gasteiger partial charge >= 0.3 is 0 Å². The van der Waals surface area contributed by atoms with Gasteiger partial charge in [-0.25, -0.2) is 13.1 Å². The Kier molecular flexibility index (Phi) is 6.35. The molecule has 24 heavy (non-hydrogen) atoms. The molecule has 2 N–H and O–H groups in total. The molecule has 1 aliphatic heterocycles. The number of ether oxygens (including phenoxy) is 1. The summed E-state index contributed by atoms with van der Waals surface area (Å²) in [5, 5.41) is 2.04. The molecule has 11 heteroatoms. The van der Waals surface area contributed by atoms with Crippen LogP contribution in [0.15, 0.2) is 0 Å². The second-order valence-corrected chi connectivity index (χ2v) is 7.21. The lowest BCUT2D eigenvalue weighted by Crippen LogP contribution is -2.37. The number of nitrogens with zero attached hydrogens (tertiary/aromatic N) is 1. The molecule has 0 saturated carbocycles. The van der Waals surface area contributed by atoms with Crippen molar-refractivity contribution in [2.24, 2.45) is 0 Å². The van der Waals surface area contributed by atoms with Crippen molar-refractivity contribution in [1.29, 1.82) is 0 Å². The second kappa shape index (κ2) is 8.08. The fourth-order valence-electron chi connectivity index (χ4n) is 2.21. The molecule has 1 unspecified atom stereocenters. The Morgan fingerprint density at radius 2 is 1.79 bits per heavy atom. The van der Waals surface area contributed by atoms with Crippen LogP contribution >= 0.6 is 0 Å². The predicted molar refractivity (Wildman–Crippen MR) is 77.9 cm³/mol. The van der Waals surface area contributed by atoms with Crippen molar-refractivity contribution in [3.63, 3.8) is 0 Å². The average molecular weight is 371 g/mol. The van der Waals surface area contributed by atoms with E-state index in [0.717, 1.165) is 19.3 Å². The van der Waals surface area contributed by atoms with Crippen molar-refractivity contribution in [2.75, 3.05) is 30.8 Å². The van der Waals surface area contributed by atoms with Gasteiger partial charge in [-0.3, -0.25) is 0 Å². The van der Waals surface area contributed by atoms with Crippen molar-refractivity contribution in [3.8, 4) is 0 Å². The molecule has 2 rings (SSSR count). The lowest BCUT2D eigenvalue weighted by molar-refractivity contribution is 0.0200. The Labute approximate surface area is 136 Å². The lowest BCUT2D eigenvalue weighted by atomic mass is 10.1. The molecule has 0 bridgehead atoms. The van der Waals surface area contributed by atoms with Crippen LogP contribution in [0.5, 0.6) is 0 Å². The van der Waals surface area contributed by atoms with E-state index >= 15 is 0 Å². The van der Waals surface area contributed by atoms with Crippen molar-refractivity contribution in [2.45, 2.75) is 25.4 Å². The van der Waals surface area contributed by atoms with Crippen LogP contribution in [0.1, 0.15) is 19.3 Å². The number of aromatic nitrogens is 1. The smallest absolute Gasteiger partial charge is 0.253 e. The summed E-state index contributed by atoms with van der Waals surface area (Å²) in [5.74, 6) is -7.59. The fraction of sp³-hybridized carbons (Fsp3) is 0.615. The summed E-state index contributed by atoms with van der Waals surface area (Å²) >= 11 is 0. The summed E-state index contributed by atoms with van der Waals surface area (Å²) in [4.78, 5) is 2.40. The molecule has 0 amide bonds. The van der Waals surface area contributed by atoms with E-state index in [4.69, 9.17) is 4.74 Å². The third-order valence-corrected chi connectivity index (χ3v) is 4.82. The molecule has 1 atom stereocenters. The van der Waals surface area contributed by atoms with Gasteiger partial charge in [0.05, 0.1) is 11.9 Å². The van der Waals surface area contributed by atoms with Crippen LogP contribution in [0.3, 0.4) is 0 Å². The molecule has 0 aromatic carbocycles. The van der Waals surface area contributed by atoms with E-state index < -0.39 is 51.5 Å². The molecule has 1 aliphatic rings. The predicted octanol–water partition coefficient (Wildman–Crippen LogP) is 1.54. The molecule has 1 aromatic rings. The Morgan fingerprint density at radius 3 is 2.38 bits per heavy atom. The lowest BCUT2D eigenvalue weighted by Gasteiger charge is -2.22. The zero-order valence-electron chi connectivity index (χ0n) is 12.6. The van der Waals surface area contributed by atoms with Gasteiger partial charge < -0.3 is 10.1 Å². The number of hydrogen-bond donors (Lipinski definition) is 2. The summed E-state index contributed by atoms with van der Waals surface area (Å²) < 4.78 is 83.9. The van der Waals surface area contributed by atoms with E-state index in [1.807, 2.05) is 5.32 Å². The number of halogens is 4. The molecule has 1 saturated heterocycles. The Bertz CT molecular complexity index is 655. The fourth-order valence-corrected chi connectivity index (χ4v) is 3.17. The zero-order valence-corrected chi connectivity index (χ0v) is 13.4. The molecule has 0 radical (unpaired) electrons. The van der Waals surface area contributed by atoms with Gasteiger partial charge in [-0.15, -0.1) is 0 Å². The van der Waals surface area contributed by atoms with Crippen LogP contribution in [0.25, 0.3) is 0 Å². The summed E-state index contributed by atoms with van der Waals surface area (Å²) in [5.41, 5.74) is -1.09. The normalized spacial score (nSPS) is 18.6.